The summed E-state index contributed by atoms with van der Waals surface area (Å²) < 4.78 is 11.0. The van der Waals surface area contributed by atoms with Gasteiger partial charge in [-0.2, -0.15) is 0 Å². The molecule has 0 aliphatic rings. The van der Waals surface area contributed by atoms with Crippen LogP contribution >= 0.6 is 11.6 Å². The van der Waals surface area contributed by atoms with Crippen LogP contribution in [0.1, 0.15) is 18.5 Å². The van der Waals surface area contributed by atoms with E-state index in [1.165, 1.54) is 5.56 Å². The molecule has 2 atom stereocenters. The van der Waals surface area contributed by atoms with Crippen LogP contribution in [0.15, 0.2) is 54.6 Å². The fraction of sp³-hybridized carbons (Fsp3) is 0.368. The van der Waals surface area contributed by atoms with E-state index < -0.39 is 6.10 Å². The molecule has 0 aliphatic carbocycles. The highest BCUT2D eigenvalue weighted by atomic mass is 35.5. The van der Waals surface area contributed by atoms with Crippen LogP contribution in [-0.4, -0.2) is 37.6 Å². The van der Waals surface area contributed by atoms with Gasteiger partial charge < -0.3 is 19.9 Å². The van der Waals surface area contributed by atoms with Gasteiger partial charge in [0.25, 0.3) is 0 Å². The Morgan fingerprint density at radius 1 is 1.04 bits per heavy atom. The lowest BCUT2D eigenvalue weighted by molar-refractivity contribution is 0.0242. The van der Waals surface area contributed by atoms with Crippen LogP contribution in [0.4, 0.5) is 0 Å². The molecule has 2 aromatic carbocycles. The normalized spacial score (nSPS) is 13.5. The van der Waals surface area contributed by atoms with E-state index in [0.717, 1.165) is 5.75 Å². The quantitative estimate of drug-likeness (QED) is 0.645. The zero-order valence-corrected chi connectivity index (χ0v) is 14.6. The van der Waals surface area contributed by atoms with E-state index in [-0.39, 0.29) is 12.6 Å². The third-order valence-corrected chi connectivity index (χ3v) is 3.83. The maximum Gasteiger partial charge on any atom is 0.119 e. The first-order valence-corrected chi connectivity index (χ1v) is 8.45. The van der Waals surface area contributed by atoms with Gasteiger partial charge in [-0.25, -0.2) is 0 Å². The van der Waals surface area contributed by atoms with Crippen LogP contribution in [0.3, 0.4) is 0 Å². The number of hydrogen-bond acceptors (Lipinski definition) is 4. The minimum atomic E-state index is -0.549. The van der Waals surface area contributed by atoms with Gasteiger partial charge in [0.2, 0.25) is 0 Å². The third-order valence-electron chi connectivity index (χ3n) is 3.58. The lowest BCUT2D eigenvalue weighted by Gasteiger charge is -2.17. The molecule has 0 heterocycles. The highest BCUT2D eigenvalue weighted by molar-refractivity contribution is 6.30. The van der Waals surface area contributed by atoms with Gasteiger partial charge in [-0.05, 0) is 36.8 Å². The van der Waals surface area contributed by atoms with Crippen molar-refractivity contribution in [2.75, 3.05) is 26.4 Å². The molecule has 0 saturated heterocycles. The fourth-order valence-corrected chi connectivity index (χ4v) is 2.33. The molecular formula is C19H24ClNO3. The first-order valence-electron chi connectivity index (χ1n) is 8.07. The van der Waals surface area contributed by atoms with E-state index in [2.05, 4.69) is 24.4 Å². The predicted molar refractivity (Wildman–Crippen MR) is 96.6 cm³/mol. The molecular weight excluding hydrogens is 326 g/mol. The number of halogens is 1. The second-order valence-corrected chi connectivity index (χ2v) is 6.01. The van der Waals surface area contributed by atoms with Crippen molar-refractivity contribution in [2.45, 2.75) is 19.1 Å². The Morgan fingerprint density at radius 3 is 2.46 bits per heavy atom. The van der Waals surface area contributed by atoms with Crippen LogP contribution in [0.25, 0.3) is 0 Å². The van der Waals surface area contributed by atoms with Crippen LogP contribution in [0.2, 0.25) is 5.02 Å². The summed E-state index contributed by atoms with van der Waals surface area (Å²) in [5, 5.41) is 13.9. The number of rotatable bonds is 10. The molecule has 130 valence electrons. The first-order chi connectivity index (χ1) is 11.6. The summed E-state index contributed by atoms with van der Waals surface area (Å²) in [4.78, 5) is 0. The standard InChI is InChI=1S/C19H24ClNO3/c1-15(16-5-3-2-4-6-16)21-13-18(22)14-23-11-12-24-19-9-7-17(20)8-10-19/h2-10,15,18,21-22H,11-14H2,1H3/t15-,18+/m0/s1. The lowest BCUT2D eigenvalue weighted by atomic mass is 10.1. The first kappa shape index (κ1) is 18.7. The van der Waals surface area contributed by atoms with E-state index in [1.807, 2.05) is 30.3 Å². The predicted octanol–water partition coefficient (Wildman–Crippen LogP) is 3.45. The Morgan fingerprint density at radius 2 is 1.75 bits per heavy atom. The number of aliphatic hydroxyl groups excluding tert-OH is 1. The Hall–Kier alpha value is -1.59. The molecule has 0 saturated carbocycles. The van der Waals surface area contributed by atoms with Crippen LogP contribution in [-0.2, 0) is 4.74 Å². The van der Waals surface area contributed by atoms with E-state index in [4.69, 9.17) is 21.1 Å². The largest absolute Gasteiger partial charge is 0.491 e. The summed E-state index contributed by atoms with van der Waals surface area (Å²) in [6.45, 7) is 3.69. The van der Waals surface area contributed by atoms with E-state index in [9.17, 15) is 5.11 Å². The molecule has 0 bridgehead atoms. The molecule has 24 heavy (non-hydrogen) atoms. The van der Waals surface area contributed by atoms with Gasteiger partial charge in [-0.1, -0.05) is 41.9 Å². The number of ether oxygens (including phenoxy) is 2. The molecule has 0 amide bonds. The zero-order chi connectivity index (χ0) is 17.2. The van der Waals surface area contributed by atoms with Gasteiger partial charge >= 0.3 is 0 Å². The third kappa shape index (κ3) is 6.89. The second-order valence-electron chi connectivity index (χ2n) is 5.57. The summed E-state index contributed by atoms with van der Waals surface area (Å²) in [6, 6.07) is 17.5. The van der Waals surface area contributed by atoms with Gasteiger partial charge in [0.05, 0.1) is 19.3 Å². The SMILES string of the molecule is C[C@H](NC[C@@H](O)COCCOc1ccc(Cl)cc1)c1ccccc1. The van der Waals surface area contributed by atoms with Crippen molar-refractivity contribution >= 4 is 11.6 Å². The average Bonchev–Trinajstić information content (AvgIpc) is 2.61. The van der Waals surface area contributed by atoms with Crippen LogP contribution in [0, 0.1) is 0 Å². The van der Waals surface area contributed by atoms with Crippen molar-refractivity contribution in [3.63, 3.8) is 0 Å². The minimum absolute atomic E-state index is 0.189. The van der Waals surface area contributed by atoms with Gasteiger partial charge in [0.1, 0.15) is 12.4 Å². The van der Waals surface area contributed by atoms with E-state index in [1.54, 1.807) is 12.1 Å². The minimum Gasteiger partial charge on any atom is -0.491 e. The molecule has 0 aromatic heterocycles. The maximum absolute atomic E-state index is 9.95. The van der Waals surface area contributed by atoms with Crippen molar-refractivity contribution < 1.29 is 14.6 Å². The van der Waals surface area contributed by atoms with E-state index in [0.29, 0.717) is 24.8 Å². The van der Waals surface area contributed by atoms with E-state index >= 15 is 0 Å². The number of nitrogens with one attached hydrogen (secondary N) is 1. The van der Waals surface area contributed by atoms with Gasteiger partial charge in [0, 0.05) is 17.6 Å². The fourth-order valence-electron chi connectivity index (χ4n) is 2.20. The number of benzene rings is 2. The smallest absolute Gasteiger partial charge is 0.119 e. The highest BCUT2D eigenvalue weighted by Crippen LogP contribution is 2.15. The number of hydrogen-bond donors (Lipinski definition) is 2. The van der Waals surface area contributed by atoms with Crippen molar-refractivity contribution in [1.82, 2.24) is 5.32 Å². The monoisotopic (exact) mass is 349 g/mol. The Bertz CT molecular complexity index is 577. The molecule has 2 aromatic rings. The molecule has 0 aliphatic heterocycles. The summed E-state index contributed by atoms with van der Waals surface area (Å²) >= 11 is 5.81. The summed E-state index contributed by atoms with van der Waals surface area (Å²) in [6.07, 6.45) is -0.549. The van der Waals surface area contributed by atoms with Crippen LogP contribution in [0.5, 0.6) is 5.75 Å². The molecule has 0 spiro atoms. The Balaban J connectivity index is 1.55. The van der Waals surface area contributed by atoms with Crippen molar-refractivity contribution in [2.24, 2.45) is 0 Å². The molecule has 2 N–H and O–H groups in total. The highest BCUT2D eigenvalue weighted by Gasteiger charge is 2.08. The summed E-state index contributed by atoms with van der Waals surface area (Å²) in [5.74, 6) is 0.752. The van der Waals surface area contributed by atoms with Crippen molar-refractivity contribution in [3.05, 3.63) is 65.2 Å². The summed E-state index contributed by atoms with van der Waals surface area (Å²) in [7, 11) is 0. The van der Waals surface area contributed by atoms with Crippen molar-refractivity contribution in [1.29, 1.82) is 0 Å². The number of aliphatic hydroxyl groups is 1. The second kappa shape index (κ2) is 10.3. The lowest BCUT2D eigenvalue weighted by Crippen LogP contribution is -2.32. The molecule has 0 fully saturated rings. The average molecular weight is 350 g/mol. The van der Waals surface area contributed by atoms with Crippen LogP contribution < -0.4 is 10.1 Å². The Labute approximate surface area is 148 Å². The molecule has 0 unspecified atom stereocenters. The Kier molecular flexibility index (Phi) is 8.05. The van der Waals surface area contributed by atoms with Gasteiger partial charge in [-0.3, -0.25) is 0 Å². The maximum atomic E-state index is 9.95. The van der Waals surface area contributed by atoms with Crippen molar-refractivity contribution in [3.8, 4) is 5.75 Å². The molecule has 0 radical (unpaired) electrons. The van der Waals surface area contributed by atoms with Gasteiger partial charge in [-0.15, -0.1) is 0 Å². The molecule has 4 nitrogen and oxygen atoms in total. The zero-order valence-electron chi connectivity index (χ0n) is 13.8. The molecule has 5 heteroatoms. The van der Waals surface area contributed by atoms with Gasteiger partial charge in [0.15, 0.2) is 0 Å². The molecule has 2 rings (SSSR count). The topological polar surface area (TPSA) is 50.7 Å². The summed E-state index contributed by atoms with van der Waals surface area (Å²) in [5.41, 5.74) is 1.20.